The molecule has 1 heterocycles. The molecule has 1 aromatic carbocycles. The molecule has 0 aliphatic carbocycles. The molecule has 1 aromatic heterocycles. The van der Waals surface area contributed by atoms with E-state index in [2.05, 4.69) is 63.6 Å². The number of hydrogen-bond donors (Lipinski definition) is 3. The first-order chi connectivity index (χ1) is 11.4. The van der Waals surface area contributed by atoms with Crippen LogP contribution in [0.2, 0.25) is 0 Å². The third-order valence-electron chi connectivity index (χ3n) is 2.72. The zero-order chi connectivity index (χ0) is 17.7. The number of halogens is 3. The van der Waals surface area contributed by atoms with Crippen LogP contribution in [-0.2, 0) is 4.79 Å². The van der Waals surface area contributed by atoms with E-state index in [1.807, 2.05) is 0 Å². The van der Waals surface area contributed by atoms with Gasteiger partial charge in [0.15, 0.2) is 5.76 Å². The summed E-state index contributed by atoms with van der Waals surface area (Å²) in [5.41, 5.74) is 2.81. The third-order valence-corrected chi connectivity index (χ3v) is 4.78. The fourth-order valence-electron chi connectivity index (χ4n) is 1.58. The van der Waals surface area contributed by atoms with E-state index in [-0.39, 0.29) is 18.1 Å². The highest BCUT2D eigenvalue weighted by Gasteiger charge is 2.12. The average Bonchev–Trinajstić information content (AvgIpc) is 3.08. The van der Waals surface area contributed by atoms with Crippen LogP contribution >= 0.6 is 47.8 Å². The summed E-state index contributed by atoms with van der Waals surface area (Å²) in [6.07, 6.45) is 2.72. The van der Waals surface area contributed by atoms with Crippen LogP contribution in [-0.4, -0.2) is 29.7 Å². The number of nitrogens with one attached hydrogen (secondary N) is 2. The zero-order valence-electron chi connectivity index (χ0n) is 11.8. The molecule has 10 heteroatoms. The molecule has 0 unspecified atom stereocenters. The van der Waals surface area contributed by atoms with Gasteiger partial charge in [-0.25, -0.2) is 5.43 Å². The number of hydrazone groups is 1. The van der Waals surface area contributed by atoms with E-state index < -0.39 is 11.8 Å². The normalized spacial score (nSPS) is 10.8. The number of benzene rings is 1. The van der Waals surface area contributed by atoms with Crippen molar-refractivity contribution in [2.45, 2.75) is 0 Å². The van der Waals surface area contributed by atoms with E-state index in [0.717, 1.165) is 0 Å². The molecule has 2 rings (SSSR count). The zero-order valence-corrected chi connectivity index (χ0v) is 16.6. The first-order valence-corrected chi connectivity index (χ1v) is 8.78. The lowest BCUT2D eigenvalue weighted by atomic mass is 10.2. The highest BCUT2D eigenvalue weighted by atomic mass is 79.9. The van der Waals surface area contributed by atoms with Gasteiger partial charge in [-0.1, -0.05) is 15.9 Å². The van der Waals surface area contributed by atoms with Gasteiger partial charge in [-0.05, 0) is 50.1 Å². The third kappa shape index (κ3) is 4.68. The number of carbonyl (C=O) groups excluding carboxylic acids is 2. The quantitative estimate of drug-likeness (QED) is 0.414. The first kappa shape index (κ1) is 18.7. The number of nitrogens with zero attached hydrogens (tertiary/aromatic N) is 1. The van der Waals surface area contributed by atoms with Gasteiger partial charge in [0.1, 0.15) is 5.75 Å². The molecular formula is C14H10Br3N3O4. The van der Waals surface area contributed by atoms with Gasteiger partial charge < -0.3 is 14.8 Å². The SMILES string of the molecule is O=C(CNC(=O)c1ccco1)N/N=C/c1c(Br)cc(Br)c(O)c1Br. The second-order valence-corrected chi connectivity index (χ2v) is 6.87. The van der Waals surface area contributed by atoms with Gasteiger partial charge in [0.2, 0.25) is 0 Å². The number of phenolic OH excluding ortho intramolecular Hbond substituents is 1. The Morgan fingerprint density at radius 3 is 2.71 bits per heavy atom. The van der Waals surface area contributed by atoms with Crippen molar-refractivity contribution in [2.24, 2.45) is 5.10 Å². The average molecular weight is 524 g/mol. The number of phenols is 1. The summed E-state index contributed by atoms with van der Waals surface area (Å²) in [5.74, 6) is -0.886. The van der Waals surface area contributed by atoms with Crippen molar-refractivity contribution in [3.8, 4) is 5.75 Å². The van der Waals surface area contributed by atoms with Crippen LogP contribution in [0.3, 0.4) is 0 Å². The van der Waals surface area contributed by atoms with Crippen LogP contribution in [0.1, 0.15) is 16.1 Å². The predicted octanol–water partition coefficient (Wildman–Crippen LogP) is 3.15. The molecule has 7 nitrogen and oxygen atoms in total. The Balaban J connectivity index is 1.91. The molecule has 0 saturated carbocycles. The lowest BCUT2D eigenvalue weighted by Crippen LogP contribution is -2.34. The monoisotopic (exact) mass is 521 g/mol. The van der Waals surface area contributed by atoms with Gasteiger partial charge in [0, 0.05) is 10.0 Å². The summed E-state index contributed by atoms with van der Waals surface area (Å²) in [7, 11) is 0. The summed E-state index contributed by atoms with van der Waals surface area (Å²) >= 11 is 9.77. The summed E-state index contributed by atoms with van der Waals surface area (Å²) in [6.45, 7) is -0.259. The van der Waals surface area contributed by atoms with Gasteiger partial charge >= 0.3 is 0 Å². The minimum Gasteiger partial charge on any atom is -0.506 e. The number of hydrogen-bond acceptors (Lipinski definition) is 5. The maximum absolute atomic E-state index is 11.6. The van der Waals surface area contributed by atoms with Crippen LogP contribution in [0, 0.1) is 0 Å². The number of aromatic hydroxyl groups is 1. The van der Waals surface area contributed by atoms with Crippen LogP contribution in [0.5, 0.6) is 5.75 Å². The highest BCUT2D eigenvalue weighted by Crippen LogP contribution is 2.38. The van der Waals surface area contributed by atoms with Gasteiger partial charge in [0.05, 0.1) is 28.0 Å². The molecule has 3 N–H and O–H groups in total. The smallest absolute Gasteiger partial charge is 0.287 e. The standard InChI is InChI=1S/C14H10Br3N3O4/c15-8-4-9(16)13(22)12(17)7(8)5-19-20-11(21)6-18-14(23)10-2-1-3-24-10/h1-5,22H,6H2,(H,18,23)(H,20,21)/b19-5+. The van der Waals surface area contributed by atoms with Crippen molar-refractivity contribution in [1.29, 1.82) is 0 Å². The molecule has 126 valence electrons. The lowest BCUT2D eigenvalue weighted by Gasteiger charge is -2.07. The minimum absolute atomic E-state index is 0.0108. The Morgan fingerprint density at radius 2 is 2.04 bits per heavy atom. The Morgan fingerprint density at radius 1 is 1.29 bits per heavy atom. The van der Waals surface area contributed by atoms with Gasteiger partial charge in [-0.15, -0.1) is 0 Å². The van der Waals surface area contributed by atoms with Crippen LogP contribution in [0.4, 0.5) is 0 Å². The van der Waals surface area contributed by atoms with Crippen molar-refractivity contribution in [2.75, 3.05) is 6.54 Å². The van der Waals surface area contributed by atoms with Crippen molar-refractivity contribution in [3.63, 3.8) is 0 Å². The molecule has 24 heavy (non-hydrogen) atoms. The Labute approximate surface area is 161 Å². The summed E-state index contributed by atoms with van der Waals surface area (Å²) in [6, 6.07) is 4.70. The van der Waals surface area contributed by atoms with E-state index in [0.29, 0.717) is 19.0 Å². The topological polar surface area (TPSA) is 104 Å². The molecule has 0 atom stereocenters. The second kappa shape index (κ2) is 8.45. The molecule has 2 amide bonds. The summed E-state index contributed by atoms with van der Waals surface area (Å²) in [5, 5.41) is 16.0. The van der Waals surface area contributed by atoms with E-state index in [1.54, 1.807) is 12.1 Å². The lowest BCUT2D eigenvalue weighted by molar-refractivity contribution is -0.120. The minimum atomic E-state index is -0.514. The molecule has 0 bridgehead atoms. The largest absolute Gasteiger partial charge is 0.506 e. The molecule has 0 aliphatic rings. The molecule has 2 aromatic rings. The first-order valence-electron chi connectivity index (χ1n) is 6.40. The van der Waals surface area contributed by atoms with E-state index in [4.69, 9.17) is 4.42 Å². The van der Waals surface area contributed by atoms with Crippen LogP contribution < -0.4 is 10.7 Å². The Kier molecular flexibility index (Phi) is 6.58. The fourth-order valence-corrected chi connectivity index (χ4v) is 3.90. The number of rotatable bonds is 5. The predicted molar refractivity (Wildman–Crippen MR) is 98.0 cm³/mol. The molecule has 0 saturated heterocycles. The van der Waals surface area contributed by atoms with Crippen molar-refractivity contribution >= 4 is 65.8 Å². The number of carbonyl (C=O) groups is 2. The van der Waals surface area contributed by atoms with E-state index in [1.165, 1.54) is 18.5 Å². The van der Waals surface area contributed by atoms with Crippen LogP contribution in [0.15, 0.2) is 47.4 Å². The molecule has 0 radical (unpaired) electrons. The van der Waals surface area contributed by atoms with Gasteiger partial charge in [-0.2, -0.15) is 5.10 Å². The van der Waals surface area contributed by atoms with Crippen molar-refractivity contribution in [1.82, 2.24) is 10.7 Å². The van der Waals surface area contributed by atoms with Crippen LogP contribution in [0.25, 0.3) is 0 Å². The summed E-state index contributed by atoms with van der Waals surface area (Å²) < 4.78 is 6.47. The van der Waals surface area contributed by atoms with Crippen molar-refractivity contribution < 1.29 is 19.1 Å². The highest BCUT2D eigenvalue weighted by molar-refractivity contribution is 9.11. The maximum atomic E-state index is 11.6. The Hall–Kier alpha value is -1.65. The van der Waals surface area contributed by atoms with Gasteiger partial charge in [0.25, 0.3) is 11.8 Å². The second-order valence-electron chi connectivity index (χ2n) is 4.37. The van der Waals surface area contributed by atoms with Gasteiger partial charge in [-0.3, -0.25) is 9.59 Å². The summed E-state index contributed by atoms with van der Waals surface area (Å²) in [4.78, 5) is 23.2. The molecule has 0 fully saturated rings. The number of furan rings is 1. The van der Waals surface area contributed by atoms with E-state index >= 15 is 0 Å². The molecule has 0 aliphatic heterocycles. The van der Waals surface area contributed by atoms with E-state index in [9.17, 15) is 14.7 Å². The fraction of sp³-hybridized carbons (Fsp3) is 0.0714. The number of amides is 2. The van der Waals surface area contributed by atoms with Crippen molar-refractivity contribution in [3.05, 3.63) is 49.2 Å². The Bertz CT molecular complexity index is 791. The molecule has 0 spiro atoms. The molecular weight excluding hydrogens is 514 g/mol. The maximum Gasteiger partial charge on any atom is 0.287 e.